The lowest BCUT2D eigenvalue weighted by Crippen LogP contribution is -2.29. The van der Waals surface area contributed by atoms with Crippen molar-refractivity contribution >= 4 is 17.2 Å². The van der Waals surface area contributed by atoms with Gasteiger partial charge >= 0.3 is 0 Å². The van der Waals surface area contributed by atoms with Crippen molar-refractivity contribution in [2.75, 3.05) is 6.54 Å². The first-order chi connectivity index (χ1) is 5.70. The Morgan fingerprint density at radius 3 is 3.08 bits per heavy atom. The van der Waals surface area contributed by atoms with Crippen LogP contribution in [0.4, 0.5) is 0 Å². The Morgan fingerprint density at radius 2 is 2.58 bits per heavy atom. The van der Waals surface area contributed by atoms with Gasteiger partial charge in [-0.1, -0.05) is 6.07 Å². The van der Waals surface area contributed by atoms with Crippen molar-refractivity contribution < 1.29 is 9.90 Å². The van der Waals surface area contributed by atoms with Crippen LogP contribution in [0.15, 0.2) is 17.5 Å². The second kappa shape index (κ2) is 4.23. The monoisotopic (exact) mass is 185 g/mol. The molecule has 0 aliphatic carbocycles. The molecule has 1 aromatic heterocycles. The Morgan fingerprint density at radius 1 is 1.83 bits per heavy atom. The molecule has 0 aliphatic rings. The number of aliphatic hydroxyl groups excluding tert-OH is 1. The summed E-state index contributed by atoms with van der Waals surface area (Å²) in [5.74, 6) is -0.120. The topological polar surface area (TPSA) is 49.3 Å². The Labute approximate surface area is 75.0 Å². The van der Waals surface area contributed by atoms with Gasteiger partial charge in [-0.25, -0.2) is 0 Å². The van der Waals surface area contributed by atoms with E-state index < -0.39 is 6.10 Å². The fourth-order valence-electron chi connectivity index (χ4n) is 0.735. The zero-order chi connectivity index (χ0) is 8.97. The lowest BCUT2D eigenvalue weighted by atomic mass is 10.4. The summed E-state index contributed by atoms with van der Waals surface area (Å²) in [4.78, 5) is 11.9. The van der Waals surface area contributed by atoms with Gasteiger partial charge in [-0.15, -0.1) is 11.3 Å². The number of hydrogen-bond acceptors (Lipinski definition) is 3. The third kappa shape index (κ3) is 2.64. The summed E-state index contributed by atoms with van der Waals surface area (Å²) < 4.78 is 0. The highest BCUT2D eigenvalue weighted by molar-refractivity contribution is 7.12. The molecule has 0 aromatic carbocycles. The third-order valence-corrected chi connectivity index (χ3v) is 2.17. The van der Waals surface area contributed by atoms with Gasteiger partial charge < -0.3 is 10.4 Å². The Kier molecular flexibility index (Phi) is 3.25. The van der Waals surface area contributed by atoms with E-state index in [-0.39, 0.29) is 5.91 Å². The molecule has 0 bridgehead atoms. The maximum Gasteiger partial charge on any atom is 0.261 e. The average Bonchev–Trinajstić information content (AvgIpc) is 2.51. The molecule has 12 heavy (non-hydrogen) atoms. The van der Waals surface area contributed by atoms with Gasteiger partial charge in [-0.05, 0) is 18.4 Å². The molecule has 1 amide bonds. The molecular weight excluding hydrogens is 174 g/mol. The van der Waals surface area contributed by atoms with Crippen LogP contribution in [0.25, 0.3) is 0 Å². The summed E-state index contributed by atoms with van der Waals surface area (Å²) in [6, 6.07) is 3.57. The van der Waals surface area contributed by atoms with Gasteiger partial charge in [-0.3, -0.25) is 4.79 Å². The molecule has 1 heterocycles. The standard InChI is InChI=1S/C8H11NO2S/c1-6(10)5-9-8(11)7-3-2-4-12-7/h2-4,6,10H,5H2,1H3,(H,9,11)/t6-/m0/s1. The summed E-state index contributed by atoms with van der Waals surface area (Å²) >= 11 is 1.39. The number of rotatable bonds is 3. The molecule has 3 nitrogen and oxygen atoms in total. The molecule has 0 spiro atoms. The SMILES string of the molecule is C[C@H](O)CNC(=O)c1cccs1. The van der Waals surface area contributed by atoms with Gasteiger partial charge in [0.1, 0.15) is 0 Å². The van der Waals surface area contributed by atoms with E-state index in [1.54, 1.807) is 13.0 Å². The largest absolute Gasteiger partial charge is 0.392 e. The molecule has 0 saturated heterocycles. The van der Waals surface area contributed by atoms with E-state index in [4.69, 9.17) is 5.11 Å². The lowest BCUT2D eigenvalue weighted by Gasteiger charge is -2.04. The fraction of sp³-hybridized carbons (Fsp3) is 0.375. The van der Waals surface area contributed by atoms with Crippen molar-refractivity contribution in [2.24, 2.45) is 0 Å². The van der Waals surface area contributed by atoms with Gasteiger partial charge in [0.05, 0.1) is 11.0 Å². The molecule has 66 valence electrons. The number of nitrogens with one attached hydrogen (secondary N) is 1. The quantitative estimate of drug-likeness (QED) is 0.733. The number of thiophene rings is 1. The molecule has 1 rings (SSSR count). The highest BCUT2D eigenvalue weighted by atomic mass is 32.1. The molecule has 0 saturated carbocycles. The van der Waals surface area contributed by atoms with E-state index >= 15 is 0 Å². The molecule has 4 heteroatoms. The molecule has 0 fully saturated rings. The predicted molar refractivity (Wildman–Crippen MR) is 48.3 cm³/mol. The van der Waals surface area contributed by atoms with E-state index in [0.717, 1.165) is 0 Å². The first-order valence-corrected chi connectivity index (χ1v) is 4.58. The number of amides is 1. The van der Waals surface area contributed by atoms with Gasteiger partial charge in [-0.2, -0.15) is 0 Å². The molecule has 0 unspecified atom stereocenters. The van der Waals surface area contributed by atoms with Crippen molar-refractivity contribution in [1.82, 2.24) is 5.32 Å². The first kappa shape index (κ1) is 9.22. The highest BCUT2D eigenvalue weighted by Crippen LogP contribution is 2.07. The van der Waals surface area contributed by atoms with Crippen molar-refractivity contribution in [2.45, 2.75) is 13.0 Å². The summed E-state index contributed by atoms with van der Waals surface area (Å²) in [6.45, 7) is 1.94. The number of carbonyl (C=O) groups excluding carboxylic acids is 1. The number of carbonyl (C=O) groups is 1. The van der Waals surface area contributed by atoms with Crippen LogP contribution in [0.2, 0.25) is 0 Å². The highest BCUT2D eigenvalue weighted by Gasteiger charge is 2.05. The van der Waals surface area contributed by atoms with Crippen LogP contribution in [-0.2, 0) is 0 Å². The molecular formula is C8H11NO2S. The molecule has 2 N–H and O–H groups in total. The first-order valence-electron chi connectivity index (χ1n) is 3.70. The fourth-order valence-corrected chi connectivity index (χ4v) is 1.38. The van der Waals surface area contributed by atoms with Gasteiger partial charge in [0.25, 0.3) is 5.91 Å². The number of hydrogen-bond donors (Lipinski definition) is 2. The zero-order valence-electron chi connectivity index (χ0n) is 6.78. The molecule has 1 aromatic rings. The molecule has 0 radical (unpaired) electrons. The summed E-state index contributed by atoms with van der Waals surface area (Å²) in [7, 11) is 0. The normalized spacial score (nSPS) is 12.5. The predicted octanol–water partition coefficient (Wildman–Crippen LogP) is 0.859. The van der Waals surface area contributed by atoms with E-state index in [1.165, 1.54) is 11.3 Å². The summed E-state index contributed by atoms with van der Waals surface area (Å²) in [6.07, 6.45) is -0.492. The second-order valence-electron chi connectivity index (χ2n) is 2.54. The van der Waals surface area contributed by atoms with Crippen LogP contribution in [0.1, 0.15) is 16.6 Å². The van der Waals surface area contributed by atoms with E-state index in [2.05, 4.69) is 5.32 Å². The Balaban J connectivity index is 2.40. The Bertz CT molecular complexity index is 244. The maximum absolute atomic E-state index is 11.2. The molecule has 0 aliphatic heterocycles. The average molecular weight is 185 g/mol. The van der Waals surface area contributed by atoms with Gasteiger partial charge in [0, 0.05) is 6.54 Å². The minimum absolute atomic E-state index is 0.120. The maximum atomic E-state index is 11.2. The van der Waals surface area contributed by atoms with Crippen molar-refractivity contribution in [3.63, 3.8) is 0 Å². The van der Waals surface area contributed by atoms with E-state index in [9.17, 15) is 4.79 Å². The number of aliphatic hydroxyl groups is 1. The van der Waals surface area contributed by atoms with Crippen molar-refractivity contribution in [3.8, 4) is 0 Å². The minimum Gasteiger partial charge on any atom is -0.392 e. The van der Waals surface area contributed by atoms with E-state index in [1.807, 2.05) is 11.4 Å². The van der Waals surface area contributed by atoms with Crippen LogP contribution in [-0.4, -0.2) is 23.7 Å². The van der Waals surface area contributed by atoms with Crippen LogP contribution < -0.4 is 5.32 Å². The minimum atomic E-state index is -0.492. The summed E-state index contributed by atoms with van der Waals surface area (Å²) in [5.41, 5.74) is 0. The van der Waals surface area contributed by atoms with Crippen molar-refractivity contribution in [1.29, 1.82) is 0 Å². The Hall–Kier alpha value is -0.870. The van der Waals surface area contributed by atoms with Gasteiger partial charge in [0.2, 0.25) is 0 Å². The van der Waals surface area contributed by atoms with Gasteiger partial charge in [0.15, 0.2) is 0 Å². The zero-order valence-corrected chi connectivity index (χ0v) is 7.60. The lowest BCUT2D eigenvalue weighted by molar-refractivity contribution is 0.0928. The van der Waals surface area contributed by atoms with Crippen LogP contribution in [0.5, 0.6) is 0 Å². The molecule has 1 atom stereocenters. The van der Waals surface area contributed by atoms with E-state index in [0.29, 0.717) is 11.4 Å². The smallest absolute Gasteiger partial charge is 0.261 e. The van der Waals surface area contributed by atoms with Crippen LogP contribution >= 0.6 is 11.3 Å². The second-order valence-corrected chi connectivity index (χ2v) is 3.48. The third-order valence-electron chi connectivity index (χ3n) is 1.30. The van der Waals surface area contributed by atoms with Crippen molar-refractivity contribution in [3.05, 3.63) is 22.4 Å². The van der Waals surface area contributed by atoms with Crippen LogP contribution in [0.3, 0.4) is 0 Å². The summed E-state index contributed by atoms with van der Waals surface area (Å²) in [5, 5.41) is 13.3. The van der Waals surface area contributed by atoms with Crippen LogP contribution in [0, 0.1) is 0 Å².